The van der Waals surface area contributed by atoms with E-state index in [-0.39, 0.29) is 56.1 Å². The number of aliphatic carboxylic acids is 1. The summed E-state index contributed by atoms with van der Waals surface area (Å²) < 4.78 is 44.1. The average Bonchev–Trinajstić information content (AvgIpc) is 3.45. The molecule has 204 valence electrons. The summed E-state index contributed by atoms with van der Waals surface area (Å²) in [6, 6.07) is 0.604. The number of nitrogens with zero attached hydrogens (tertiary/aromatic N) is 2. The number of amides is 2. The second-order valence-corrected chi connectivity index (χ2v) is 9.12. The molecule has 2 aliphatic heterocycles. The number of fused-ring (bicyclic) bond motifs is 1. The topological polar surface area (TPSA) is 130 Å². The highest BCUT2D eigenvalue weighted by atomic mass is 19.2. The lowest BCUT2D eigenvalue weighted by atomic mass is 10.0. The minimum atomic E-state index is -1.25. The predicted octanol–water partition coefficient (Wildman–Crippen LogP) is 2.23. The van der Waals surface area contributed by atoms with Crippen molar-refractivity contribution in [3.8, 4) is 0 Å². The first kappa shape index (κ1) is 29.8. The van der Waals surface area contributed by atoms with Crippen molar-refractivity contribution in [3.63, 3.8) is 0 Å². The van der Waals surface area contributed by atoms with Crippen LogP contribution < -0.4 is 5.73 Å². The standard InChI is InChI=1S/C20H24F3N3O2.C4H4O4.CH4/c21-15-8-17(23)16(22)6-13(15)5-14(24)7-19(27)26-4-3-12-9-25(10-18(12)26)20(28)11-1-2-11;5-3-8-2-1-4(6)7;/h6,8,11-12,14,18H,1-5,7,9-10,24H2;1-3H,(H,6,7);1H4/b;2-1+;/t12-,14-,18+;;/m1../s1. The van der Waals surface area contributed by atoms with Crippen molar-refractivity contribution in [2.24, 2.45) is 17.6 Å². The number of carbonyl (C=O) groups excluding carboxylic acids is 3. The van der Waals surface area contributed by atoms with Gasteiger partial charge in [-0.15, -0.1) is 0 Å². The van der Waals surface area contributed by atoms with Gasteiger partial charge in [0.05, 0.1) is 12.1 Å². The zero-order valence-corrected chi connectivity index (χ0v) is 19.4. The second kappa shape index (κ2) is 13.2. The lowest BCUT2D eigenvalue weighted by Gasteiger charge is -2.26. The molecule has 1 aromatic carbocycles. The van der Waals surface area contributed by atoms with E-state index in [9.17, 15) is 32.3 Å². The Balaban J connectivity index is 0.000000467. The first-order valence-electron chi connectivity index (χ1n) is 11.6. The zero-order valence-electron chi connectivity index (χ0n) is 19.4. The molecule has 2 amide bonds. The van der Waals surface area contributed by atoms with Crippen LogP contribution in [0.15, 0.2) is 24.5 Å². The van der Waals surface area contributed by atoms with Gasteiger partial charge in [-0.2, -0.15) is 0 Å². The summed E-state index contributed by atoms with van der Waals surface area (Å²) in [4.78, 5) is 47.6. The number of likely N-dealkylation sites (tertiary alicyclic amines) is 2. The Morgan fingerprint density at radius 3 is 2.41 bits per heavy atom. The van der Waals surface area contributed by atoms with Gasteiger partial charge in [-0.05, 0) is 37.3 Å². The van der Waals surface area contributed by atoms with E-state index in [1.54, 1.807) is 4.90 Å². The third-order valence-corrected chi connectivity index (χ3v) is 6.46. The molecule has 0 radical (unpaired) electrons. The van der Waals surface area contributed by atoms with Crippen molar-refractivity contribution >= 4 is 24.3 Å². The minimum Gasteiger partial charge on any atom is -0.478 e. The van der Waals surface area contributed by atoms with E-state index >= 15 is 0 Å². The fourth-order valence-corrected chi connectivity index (χ4v) is 4.59. The van der Waals surface area contributed by atoms with Crippen molar-refractivity contribution < 1.29 is 42.2 Å². The van der Waals surface area contributed by atoms with Gasteiger partial charge in [0.2, 0.25) is 11.8 Å². The van der Waals surface area contributed by atoms with Crippen molar-refractivity contribution in [1.82, 2.24) is 9.80 Å². The SMILES string of the molecule is C.N[C@@H](CC(=O)N1CC[C@@H]2CN(C(=O)C3CC3)C[C@@H]21)Cc1cc(F)c(F)cc1F.O=CO/C=C/C(=O)O. The maximum Gasteiger partial charge on any atom is 0.331 e. The van der Waals surface area contributed by atoms with E-state index in [0.29, 0.717) is 37.7 Å². The van der Waals surface area contributed by atoms with Crippen LogP contribution in [0.25, 0.3) is 0 Å². The fraction of sp³-hybridized carbons (Fsp3) is 0.520. The van der Waals surface area contributed by atoms with E-state index in [0.717, 1.165) is 31.6 Å². The third-order valence-electron chi connectivity index (χ3n) is 6.46. The molecule has 0 spiro atoms. The zero-order chi connectivity index (χ0) is 26.4. The highest BCUT2D eigenvalue weighted by Crippen LogP contribution is 2.37. The van der Waals surface area contributed by atoms with Crippen LogP contribution in [-0.2, 0) is 30.3 Å². The smallest absolute Gasteiger partial charge is 0.331 e. The largest absolute Gasteiger partial charge is 0.478 e. The van der Waals surface area contributed by atoms with Gasteiger partial charge in [-0.25, -0.2) is 18.0 Å². The number of ether oxygens (including phenoxy) is 1. The lowest BCUT2D eigenvalue weighted by Crippen LogP contribution is -2.43. The van der Waals surface area contributed by atoms with E-state index in [1.807, 2.05) is 4.90 Å². The number of carbonyl (C=O) groups is 4. The monoisotopic (exact) mass is 527 g/mol. The van der Waals surface area contributed by atoms with Gasteiger partial charge in [0, 0.05) is 50.0 Å². The Morgan fingerprint density at radius 1 is 1.11 bits per heavy atom. The van der Waals surface area contributed by atoms with Crippen molar-refractivity contribution in [1.29, 1.82) is 0 Å². The molecule has 1 aromatic rings. The molecule has 0 aromatic heterocycles. The van der Waals surface area contributed by atoms with Gasteiger partial charge in [0.15, 0.2) is 11.6 Å². The van der Waals surface area contributed by atoms with E-state index in [4.69, 9.17) is 10.8 Å². The highest BCUT2D eigenvalue weighted by molar-refractivity contribution is 5.82. The van der Waals surface area contributed by atoms with Crippen molar-refractivity contribution in [2.45, 2.75) is 51.6 Å². The molecule has 0 unspecified atom stereocenters. The van der Waals surface area contributed by atoms with Crippen LogP contribution in [0, 0.1) is 29.3 Å². The predicted molar refractivity (Wildman–Crippen MR) is 126 cm³/mol. The summed E-state index contributed by atoms with van der Waals surface area (Å²) in [5.74, 6) is -3.87. The van der Waals surface area contributed by atoms with Crippen LogP contribution in [0.5, 0.6) is 0 Å². The van der Waals surface area contributed by atoms with Gasteiger partial charge in [0.25, 0.3) is 6.47 Å². The summed E-state index contributed by atoms with van der Waals surface area (Å²) in [6.45, 7) is 2.04. The molecule has 0 bridgehead atoms. The maximum atomic E-state index is 13.8. The average molecular weight is 528 g/mol. The first-order valence-corrected chi connectivity index (χ1v) is 11.6. The van der Waals surface area contributed by atoms with E-state index in [2.05, 4.69) is 4.74 Å². The number of benzene rings is 1. The molecular formula is C25H32F3N3O6. The van der Waals surface area contributed by atoms with Crippen LogP contribution in [0.3, 0.4) is 0 Å². The van der Waals surface area contributed by atoms with Crippen LogP contribution >= 0.6 is 0 Å². The van der Waals surface area contributed by atoms with Crippen molar-refractivity contribution in [2.75, 3.05) is 19.6 Å². The summed E-state index contributed by atoms with van der Waals surface area (Å²) >= 11 is 0. The molecule has 37 heavy (non-hydrogen) atoms. The summed E-state index contributed by atoms with van der Waals surface area (Å²) in [6.07, 6.45) is 4.23. The van der Waals surface area contributed by atoms with Crippen molar-refractivity contribution in [3.05, 3.63) is 47.5 Å². The number of hydrogen-bond donors (Lipinski definition) is 2. The molecule has 3 atom stereocenters. The fourth-order valence-electron chi connectivity index (χ4n) is 4.59. The Hall–Kier alpha value is -3.41. The third kappa shape index (κ3) is 8.04. The molecule has 2 saturated heterocycles. The first-order chi connectivity index (χ1) is 17.1. The molecule has 3 aliphatic rings. The highest BCUT2D eigenvalue weighted by Gasteiger charge is 2.46. The van der Waals surface area contributed by atoms with Gasteiger partial charge in [-0.1, -0.05) is 7.43 Å². The van der Waals surface area contributed by atoms with Gasteiger partial charge in [-0.3, -0.25) is 14.4 Å². The Kier molecular flexibility index (Phi) is 10.7. The molecule has 9 nitrogen and oxygen atoms in total. The number of rotatable bonds is 8. The molecule has 1 aliphatic carbocycles. The molecule has 3 N–H and O–H groups in total. The Morgan fingerprint density at radius 2 is 1.78 bits per heavy atom. The normalized spacial score (nSPS) is 21.0. The van der Waals surface area contributed by atoms with E-state index < -0.39 is 29.5 Å². The summed E-state index contributed by atoms with van der Waals surface area (Å²) in [5.41, 5.74) is 5.96. The summed E-state index contributed by atoms with van der Waals surface area (Å²) in [7, 11) is 0. The van der Waals surface area contributed by atoms with Gasteiger partial charge >= 0.3 is 5.97 Å². The lowest BCUT2D eigenvalue weighted by molar-refractivity contribution is -0.135. The number of carboxylic acids is 1. The number of nitrogens with two attached hydrogens (primary N) is 1. The van der Waals surface area contributed by atoms with Gasteiger partial charge < -0.3 is 25.4 Å². The number of carboxylic acid groups (broad SMARTS) is 1. The number of halogens is 3. The Bertz CT molecular complexity index is 1030. The van der Waals surface area contributed by atoms with Crippen LogP contribution in [0.2, 0.25) is 0 Å². The molecule has 12 heteroatoms. The van der Waals surface area contributed by atoms with E-state index in [1.165, 1.54) is 0 Å². The minimum absolute atomic E-state index is 0. The second-order valence-electron chi connectivity index (χ2n) is 9.12. The Labute approximate surface area is 213 Å². The molecule has 4 rings (SSSR count). The van der Waals surface area contributed by atoms with Gasteiger partial charge in [0.1, 0.15) is 12.1 Å². The quantitative estimate of drug-likeness (QED) is 0.229. The molecule has 1 saturated carbocycles. The van der Waals surface area contributed by atoms with Crippen LogP contribution in [0.4, 0.5) is 13.2 Å². The van der Waals surface area contributed by atoms with Crippen LogP contribution in [0.1, 0.15) is 38.7 Å². The summed E-state index contributed by atoms with van der Waals surface area (Å²) in [5, 5.41) is 7.86. The van der Waals surface area contributed by atoms with Crippen LogP contribution in [-0.4, -0.2) is 70.9 Å². The number of hydrogen-bond acceptors (Lipinski definition) is 6. The molecular weight excluding hydrogens is 495 g/mol. The maximum absolute atomic E-state index is 13.8. The molecule has 2 heterocycles. The molecule has 3 fully saturated rings.